The number of nitriles is 1. The van der Waals surface area contributed by atoms with Crippen LogP contribution >= 0.6 is 0 Å². The lowest BCUT2D eigenvalue weighted by Gasteiger charge is -2.08. The highest BCUT2D eigenvalue weighted by Crippen LogP contribution is 2.21. The van der Waals surface area contributed by atoms with Crippen LogP contribution in [0.2, 0.25) is 0 Å². The number of fused-ring (bicyclic) bond motifs is 1. The average molecular weight is 278 g/mol. The third kappa shape index (κ3) is 2.95. The molecule has 0 unspecified atom stereocenters. The minimum Gasteiger partial charge on any atom is -0.479 e. The van der Waals surface area contributed by atoms with Crippen molar-refractivity contribution in [3.63, 3.8) is 0 Å². The molecule has 0 amide bonds. The van der Waals surface area contributed by atoms with Crippen LogP contribution in [0, 0.1) is 11.3 Å². The number of para-hydroxylation sites is 1. The quantitative estimate of drug-likeness (QED) is 0.752. The monoisotopic (exact) mass is 278 g/mol. The highest BCUT2D eigenvalue weighted by Gasteiger charge is 2.02. The van der Waals surface area contributed by atoms with Crippen molar-refractivity contribution in [3.05, 3.63) is 54.2 Å². The molecule has 1 aromatic heterocycles. The van der Waals surface area contributed by atoms with Crippen molar-refractivity contribution >= 4 is 16.6 Å². The van der Waals surface area contributed by atoms with Gasteiger partial charge < -0.3 is 10.1 Å². The number of benzene rings is 2. The van der Waals surface area contributed by atoms with Crippen LogP contribution in [0.4, 0.5) is 5.69 Å². The first-order valence-electron chi connectivity index (χ1n) is 6.61. The number of nitrogens with one attached hydrogen (secondary N) is 2. The van der Waals surface area contributed by atoms with Gasteiger partial charge in [-0.2, -0.15) is 10.4 Å². The minimum atomic E-state index is 0.0689. The first-order valence-corrected chi connectivity index (χ1v) is 6.61. The number of anilines is 1. The van der Waals surface area contributed by atoms with Crippen molar-refractivity contribution in [3.8, 4) is 11.8 Å². The van der Waals surface area contributed by atoms with Gasteiger partial charge in [0, 0.05) is 11.9 Å². The summed E-state index contributed by atoms with van der Waals surface area (Å²) in [5.41, 5.74) is 3.16. The Labute approximate surface area is 122 Å². The van der Waals surface area contributed by atoms with E-state index in [1.54, 1.807) is 0 Å². The van der Waals surface area contributed by atoms with Gasteiger partial charge in [0.25, 0.3) is 0 Å². The molecule has 0 bridgehead atoms. The number of aromatic amines is 1. The number of rotatable bonds is 5. The zero-order chi connectivity index (χ0) is 14.5. The molecule has 2 N–H and O–H groups in total. The second-order valence-electron chi connectivity index (χ2n) is 4.58. The van der Waals surface area contributed by atoms with Crippen molar-refractivity contribution in [2.75, 3.05) is 11.9 Å². The Hall–Kier alpha value is -3.00. The van der Waals surface area contributed by atoms with Gasteiger partial charge in [-0.1, -0.05) is 24.3 Å². The van der Waals surface area contributed by atoms with Crippen LogP contribution in [0.5, 0.6) is 5.75 Å². The molecule has 1 heterocycles. The van der Waals surface area contributed by atoms with Gasteiger partial charge in [-0.3, -0.25) is 5.10 Å². The molecule has 0 radical (unpaired) electrons. The molecule has 0 atom stereocenters. The van der Waals surface area contributed by atoms with Crippen molar-refractivity contribution in [2.45, 2.75) is 6.54 Å². The Morgan fingerprint density at radius 1 is 1.19 bits per heavy atom. The van der Waals surface area contributed by atoms with E-state index in [4.69, 9.17) is 10.00 Å². The maximum absolute atomic E-state index is 8.47. The van der Waals surface area contributed by atoms with E-state index in [1.165, 1.54) is 0 Å². The Morgan fingerprint density at radius 3 is 2.86 bits per heavy atom. The molecule has 0 spiro atoms. The summed E-state index contributed by atoms with van der Waals surface area (Å²) in [6, 6.07) is 15.7. The number of hydrogen-bond acceptors (Lipinski definition) is 4. The first kappa shape index (κ1) is 13.0. The lowest BCUT2D eigenvalue weighted by Crippen LogP contribution is -2.00. The van der Waals surface area contributed by atoms with Gasteiger partial charge in [0.1, 0.15) is 11.8 Å². The summed E-state index contributed by atoms with van der Waals surface area (Å²) < 4.78 is 5.23. The van der Waals surface area contributed by atoms with Gasteiger partial charge in [-0.15, -0.1) is 0 Å². The SMILES string of the molecule is N#CCOc1ccc(CNc2cccc3cn[nH]c23)cc1. The molecule has 21 heavy (non-hydrogen) atoms. The first-order chi connectivity index (χ1) is 10.4. The Kier molecular flexibility index (Phi) is 3.70. The maximum Gasteiger partial charge on any atom is 0.174 e. The summed E-state index contributed by atoms with van der Waals surface area (Å²) in [7, 11) is 0. The van der Waals surface area contributed by atoms with Crippen LogP contribution < -0.4 is 10.1 Å². The smallest absolute Gasteiger partial charge is 0.174 e. The van der Waals surface area contributed by atoms with E-state index >= 15 is 0 Å². The largest absolute Gasteiger partial charge is 0.479 e. The summed E-state index contributed by atoms with van der Waals surface area (Å²) in [5.74, 6) is 0.705. The number of aromatic nitrogens is 2. The van der Waals surface area contributed by atoms with Gasteiger partial charge >= 0.3 is 0 Å². The van der Waals surface area contributed by atoms with Gasteiger partial charge in [0.05, 0.1) is 17.4 Å². The van der Waals surface area contributed by atoms with E-state index in [0.717, 1.165) is 22.2 Å². The summed E-state index contributed by atoms with van der Waals surface area (Å²) in [6.45, 7) is 0.774. The van der Waals surface area contributed by atoms with Crippen LogP contribution in [0.3, 0.4) is 0 Å². The molecule has 5 nitrogen and oxygen atoms in total. The zero-order valence-corrected chi connectivity index (χ0v) is 11.3. The van der Waals surface area contributed by atoms with Crippen molar-refractivity contribution in [1.29, 1.82) is 5.26 Å². The number of nitrogens with zero attached hydrogens (tertiary/aromatic N) is 2. The number of hydrogen-bond donors (Lipinski definition) is 2. The van der Waals surface area contributed by atoms with E-state index in [2.05, 4.69) is 15.5 Å². The second kappa shape index (κ2) is 5.97. The molecule has 3 aromatic rings. The van der Waals surface area contributed by atoms with Crippen molar-refractivity contribution in [1.82, 2.24) is 10.2 Å². The van der Waals surface area contributed by atoms with Crippen LogP contribution in [-0.2, 0) is 6.54 Å². The van der Waals surface area contributed by atoms with E-state index in [-0.39, 0.29) is 6.61 Å². The number of ether oxygens (including phenoxy) is 1. The molecule has 5 heteroatoms. The molecular weight excluding hydrogens is 264 g/mol. The third-order valence-corrected chi connectivity index (χ3v) is 3.19. The molecule has 0 aliphatic heterocycles. The fraction of sp³-hybridized carbons (Fsp3) is 0.125. The van der Waals surface area contributed by atoms with Crippen LogP contribution in [0.1, 0.15) is 5.56 Å². The summed E-state index contributed by atoms with van der Waals surface area (Å²) in [4.78, 5) is 0. The standard InChI is InChI=1S/C16H14N4O/c17-8-9-21-14-6-4-12(5-7-14)10-18-15-3-1-2-13-11-19-20-16(13)15/h1-7,11,18H,9-10H2,(H,19,20). The fourth-order valence-electron chi connectivity index (χ4n) is 2.13. The molecule has 0 saturated carbocycles. The van der Waals surface area contributed by atoms with Crippen LogP contribution in [0.25, 0.3) is 10.9 Å². The molecule has 0 aliphatic carbocycles. The fourth-order valence-corrected chi connectivity index (χ4v) is 2.13. The summed E-state index contributed by atoms with van der Waals surface area (Å²) in [5, 5.41) is 20.0. The Morgan fingerprint density at radius 2 is 2.05 bits per heavy atom. The Balaban J connectivity index is 1.67. The summed E-state index contributed by atoms with van der Waals surface area (Å²) >= 11 is 0. The predicted octanol–water partition coefficient (Wildman–Crippen LogP) is 3.08. The molecule has 0 fully saturated rings. The van der Waals surface area contributed by atoms with Crippen molar-refractivity contribution < 1.29 is 4.74 Å². The highest BCUT2D eigenvalue weighted by atomic mass is 16.5. The third-order valence-electron chi connectivity index (χ3n) is 3.19. The van der Waals surface area contributed by atoms with E-state index < -0.39 is 0 Å². The topological polar surface area (TPSA) is 73.7 Å². The lowest BCUT2D eigenvalue weighted by atomic mass is 10.2. The predicted molar refractivity (Wildman–Crippen MR) is 81.0 cm³/mol. The van der Waals surface area contributed by atoms with Gasteiger partial charge in [-0.25, -0.2) is 0 Å². The maximum atomic E-state index is 8.47. The second-order valence-corrected chi connectivity index (χ2v) is 4.58. The molecule has 104 valence electrons. The minimum absolute atomic E-state index is 0.0689. The normalized spacial score (nSPS) is 10.2. The molecular formula is C16H14N4O. The zero-order valence-electron chi connectivity index (χ0n) is 11.3. The Bertz CT molecular complexity index is 771. The van der Waals surface area contributed by atoms with E-state index in [1.807, 2.05) is 54.7 Å². The average Bonchev–Trinajstić information content (AvgIpc) is 3.01. The highest BCUT2D eigenvalue weighted by molar-refractivity contribution is 5.89. The van der Waals surface area contributed by atoms with E-state index in [9.17, 15) is 0 Å². The summed E-state index contributed by atoms with van der Waals surface area (Å²) in [6.07, 6.45) is 1.81. The van der Waals surface area contributed by atoms with Gasteiger partial charge in [0.2, 0.25) is 0 Å². The van der Waals surface area contributed by atoms with Crippen LogP contribution in [0.15, 0.2) is 48.7 Å². The molecule has 3 rings (SSSR count). The number of H-pyrrole nitrogens is 1. The van der Waals surface area contributed by atoms with Gasteiger partial charge in [-0.05, 0) is 23.8 Å². The lowest BCUT2D eigenvalue weighted by molar-refractivity contribution is 0.368. The molecule has 0 saturated heterocycles. The van der Waals surface area contributed by atoms with Gasteiger partial charge in [0.15, 0.2) is 6.61 Å². The van der Waals surface area contributed by atoms with E-state index in [0.29, 0.717) is 12.3 Å². The molecule has 0 aliphatic rings. The van der Waals surface area contributed by atoms with Crippen LogP contribution in [-0.4, -0.2) is 16.8 Å². The van der Waals surface area contributed by atoms with Crippen molar-refractivity contribution in [2.24, 2.45) is 0 Å². The molecule has 2 aromatic carbocycles.